The number of halogens is 1. The second-order valence-corrected chi connectivity index (χ2v) is 10.0. The van der Waals surface area contributed by atoms with Gasteiger partial charge in [0.2, 0.25) is 5.91 Å². The third kappa shape index (κ3) is 3.71. The van der Waals surface area contributed by atoms with E-state index in [1.807, 2.05) is 81.1 Å². The summed E-state index contributed by atoms with van der Waals surface area (Å²) in [5.74, 6) is -0.0936. The molecule has 1 saturated heterocycles. The molecule has 174 valence electrons. The molecule has 2 heterocycles. The van der Waals surface area contributed by atoms with E-state index in [1.54, 1.807) is 6.07 Å². The van der Waals surface area contributed by atoms with Gasteiger partial charge in [-0.1, -0.05) is 47.0 Å². The van der Waals surface area contributed by atoms with E-state index in [9.17, 15) is 4.79 Å². The van der Waals surface area contributed by atoms with Crippen LogP contribution in [-0.2, 0) is 4.79 Å². The van der Waals surface area contributed by atoms with Crippen molar-refractivity contribution >= 4 is 46.2 Å². The molecule has 5 rings (SSSR count). The number of amides is 1. The summed E-state index contributed by atoms with van der Waals surface area (Å²) in [5, 5.41) is 7.63. The molecule has 2 N–H and O–H groups in total. The Kier molecular flexibility index (Phi) is 5.53. The van der Waals surface area contributed by atoms with Gasteiger partial charge in [-0.05, 0) is 81.9 Å². The zero-order chi connectivity index (χ0) is 24.2. The molecular formula is C27H26ClN3O2S. The quantitative estimate of drug-likeness (QED) is 0.436. The molecule has 34 heavy (non-hydrogen) atoms. The van der Waals surface area contributed by atoms with Crippen molar-refractivity contribution in [3.8, 4) is 5.75 Å². The molecular weight excluding hydrogens is 466 g/mol. The highest BCUT2D eigenvalue weighted by Gasteiger charge is 2.59. The molecule has 0 aromatic heterocycles. The summed E-state index contributed by atoms with van der Waals surface area (Å²) in [6.07, 6.45) is 0. The van der Waals surface area contributed by atoms with Crippen molar-refractivity contribution < 1.29 is 9.53 Å². The monoisotopic (exact) mass is 491 g/mol. The average Bonchev–Trinajstić information content (AvgIpc) is 2.77. The van der Waals surface area contributed by atoms with Crippen molar-refractivity contribution in [2.24, 2.45) is 5.92 Å². The lowest BCUT2D eigenvalue weighted by Gasteiger charge is -2.56. The Hall–Kier alpha value is -3.09. The van der Waals surface area contributed by atoms with E-state index in [4.69, 9.17) is 28.6 Å². The Morgan fingerprint density at radius 1 is 1.06 bits per heavy atom. The standard InChI is InChI=1S/C27H26ClN3O2S/c1-15-5-9-19(10-6-15)31-26(34)30-24-20-14-18(28)8-12-22(20)33-27(31,4)23(24)25(32)29-21-11-7-16(2)13-17(21)3/h5-14,23-24H,1-4H3,(H,29,32)(H,30,34)/t23-,24+,27+/m0/s1. The number of carbonyl (C=O) groups excluding carboxylic acids is 1. The van der Waals surface area contributed by atoms with Gasteiger partial charge in [-0.25, -0.2) is 0 Å². The SMILES string of the molecule is Cc1ccc(N2C(=S)N[C@@H]3c4cc(Cl)ccc4O[C@]2(C)[C@@H]3C(=O)Nc2ccc(C)cc2C)cc1. The predicted molar refractivity (Wildman–Crippen MR) is 141 cm³/mol. The molecule has 2 aliphatic heterocycles. The van der Waals surface area contributed by atoms with Crippen molar-refractivity contribution in [2.45, 2.75) is 39.5 Å². The highest BCUT2D eigenvalue weighted by Crippen LogP contribution is 2.50. The predicted octanol–water partition coefficient (Wildman–Crippen LogP) is 6.06. The van der Waals surface area contributed by atoms with Gasteiger partial charge in [-0.2, -0.15) is 0 Å². The zero-order valence-electron chi connectivity index (χ0n) is 19.5. The number of nitrogens with zero attached hydrogens (tertiary/aromatic N) is 1. The Balaban J connectivity index is 1.63. The van der Waals surface area contributed by atoms with Crippen molar-refractivity contribution in [1.82, 2.24) is 5.32 Å². The van der Waals surface area contributed by atoms with E-state index >= 15 is 0 Å². The van der Waals surface area contributed by atoms with Crippen LogP contribution < -0.4 is 20.3 Å². The van der Waals surface area contributed by atoms with Gasteiger partial charge in [0.1, 0.15) is 11.7 Å². The number of nitrogens with one attached hydrogen (secondary N) is 2. The molecule has 0 radical (unpaired) electrons. The van der Waals surface area contributed by atoms with Crippen LogP contribution in [0.1, 0.15) is 35.2 Å². The van der Waals surface area contributed by atoms with Crippen LogP contribution >= 0.6 is 23.8 Å². The molecule has 3 aromatic rings. The minimum absolute atomic E-state index is 0.155. The Morgan fingerprint density at radius 2 is 1.76 bits per heavy atom. The van der Waals surface area contributed by atoms with Gasteiger partial charge in [0.05, 0.1) is 6.04 Å². The second kappa shape index (κ2) is 8.29. The third-order valence-corrected chi connectivity index (χ3v) is 7.21. The smallest absolute Gasteiger partial charge is 0.236 e. The van der Waals surface area contributed by atoms with Crippen LogP contribution in [-0.4, -0.2) is 16.7 Å². The van der Waals surface area contributed by atoms with Crippen LogP contribution in [0.25, 0.3) is 0 Å². The fourth-order valence-corrected chi connectivity index (χ4v) is 5.60. The zero-order valence-corrected chi connectivity index (χ0v) is 21.1. The maximum absolute atomic E-state index is 13.9. The van der Waals surface area contributed by atoms with Crippen LogP contribution in [0.15, 0.2) is 60.7 Å². The van der Waals surface area contributed by atoms with E-state index in [0.717, 1.165) is 33.6 Å². The largest absolute Gasteiger partial charge is 0.467 e. The number of carbonyl (C=O) groups is 1. The van der Waals surface area contributed by atoms with Crippen molar-refractivity contribution in [3.05, 3.63) is 87.9 Å². The fourth-order valence-electron chi connectivity index (χ4n) is 5.00. The van der Waals surface area contributed by atoms with Gasteiger partial charge in [-0.15, -0.1) is 0 Å². The van der Waals surface area contributed by atoms with Crippen LogP contribution in [0.3, 0.4) is 0 Å². The lowest BCUT2D eigenvalue weighted by molar-refractivity contribution is -0.130. The summed E-state index contributed by atoms with van der Waals surface area (Å²) in [6.45, 7) is 7.98. The summed E-state index contributed by atoms with van der Waals surface area (Å²) in [7, 11) is 0. The van der Waals surface area contributed by atoms with Gasteiger partial charge in [0.25, 0.3) is 0 Å². The number of hydrogen-bond donors (Lipinski definition) is 2. The number of benzene rings is 3. The number of aryl methyl sites for hydroxylation is 3. The number of hydrogen-bond acceptors (Lipinski definition) is 3. The van der Waals surface area contributed by atoms with Crippen LogP contribution in [0.2, 0.25) is 5.02 Å². The number of anilines is 2. The molecule has 1 fully saturated rings. The van der Waals surface area contributed by atoms with Gasteiger partial charge >= 0.3 is 0 Å². The van der Waals surface area contributed by atoms with E-state index in [2.05, 4.69) is 16.7 Å². The third-order valence-electron chi connectivity index (χ3n) is 6.67. The Morgan fingerprint density at radius 3 is 2.47 bits per heavy atom. The molecule has 7 heteroatoms. The molecule has 1 amide bonds. The topological polar surface area (TPSA) is 53.6 Å². The summed E-state index contributed by atoms with van der Waals surface area (Å²) in [6, 6.07) is 19.1. The summed E-state index contributed by atoms with van der Waals surface area (Å²) < 4.78 is 6.61. The first-order chi connectivity index (χ1) is 16.2. The first-order valence-corrected chi connectivity index (χ1v) is 12.0. The molecule has 0 unspecified atom stereocenters. The first kappa shape index (κ1) is 22.7. The molecule has 0 spiro atoms. The minimum atomic E-state index is -1.06. The van der Waals surface area contributed by atoms with Gasteiger partial charge in [0, 0.05) is 22.0 Å². The van der Waals surface area contributed by atoms with Crippen LogP contribution in [0.5, 0.6) is 5.75 Å². The Bertz CT molecular complexity index is 1310. The lowest BCUT2D eigenvalue weighted by atomic mass is 9.78. The normalized spacial score (nSPS) is 23.0. The van der Waals surface area contributed by atoms with E-state index in [1.165, 1.54) is 0 Å². The maximum atomic E-state index is 13.9. The number of ether oxygens (including phenoxy) is 1. The van der Waals surface area contributed by atoms with Crippen LogP contribution in [0, 0.1) is 26.7 Å². The van der Waals surface area contributed by atoms with E-state index in [-0.39, 0.29) is 5.91 Å². The average molecular weight is 492 g/mol. The molecule has 3 atom stereocenters. The molecule has 0 saturated carbocycles. The second-order valence-electron chi connectivity index (χ2n) is 9.22. The number of rotatable bonds is 3. The van der Waals surface area contributed by atoms with Crippen molar-refractivity contribution in [2.75, 3.05) is 10.2 Å². The molecule has 5 nitrogen and oxygen atoms in total. The van der Waals surface area contributed by atoms with Gasteiger partial charge < -0.3 is 15.4 Å². The van der Waals surface area contributed by atoms with Crippen molar-refractivity contribution in [3.63, 3.8) is 0 Å². The highest BCUT2D eigenvalue weighted by atomic mass is 35.5. The van der Waals surface area contributed by atoms with Gasteiger partial charge in [-0.3, -0.25) is 9.69 Å². The fraction of sp³-hybridized carbons (Fsp3) is 0.259. The van der Waals surface area contributed by atoms with Gasteiger partial charge in [0.15, 0.2) is 10.8 Å². The summed E-state index contributed by atoms with van der Waals surface area (Å²) in [5.41, 5.74) is 4.66. The number of fused-ring (bicyclic) bond motifs is 4. The molecule has 0 aliphatic carbocycles. The van der Waals surface area contributed by atoms with E-state index in [0.29, 0.717) is 15.9 Å². The lowest BCUT2D eigenvalue weighted by Crippen LogP contribution is -2.72. The molecule has 2 aliphatic rings. The molecule has 3 aromatic carbocycles. The first-order valence-electron chi connectivity index (χ1n) is 11.2. The van der Waals surface area contributed by atoms with Crippen LogP contribution in [0.4, 0.5) is 11.4 Å². The summed E-state index contributed by atoms with van der Waals surface area (Å²) in [4.78, 5) is 15.8. The summed E-state index contributed by atoms with van der Waals surface area (Å²) >= 11 is 12.1. The number of thiocarbonyl (C=S) groups is 1. The van der Waals surface area contributed by atoms with Crippen molar-refractivity contribution in [1.29, 1.82) is 0 Å². The van der Waals surface area contributed by atoms with E-state index < -0.39 is 17.7 Å². The maximum Gasteiger partial charge on any atom is 0.236 e. The minimum Gasteiger partial charge on any atom is -0.467 e. The highest BCUT2D eigenvalue weighted by molar-refractivity contribution is 7.80. The Labute approximate surface area is 210 Å². The molecule has 2 bridgehead atoms.